The zero-order valence-electron chi connectivity index (χ0n) is 22.4. The molecule has 0 aliphatic heterocycles. The first-order valence-corrected chi connectivity index (χ1v) is 14.8. The second-order valence-electron chi connectivity index (χ2n) is 10.6. The van der Waals surface area contributed by atoms with Gasteiger partial charge in [-0.1, -0.05) is 25.1 Å². The lowest BCUT2D eigenvalue weighted by molar-refractivity contribution is 0.0923. The van der Waals surface area contributed by atoms with E-state index >= 15 is 0 Å². The Morgan fingerprint density at radius 3 is 2.41 bits per heavy atom. The van der Waals surface area contributed by atoms with Crippen LogP contribution in [0.1, 0.15) is 56.8 Å². The van der Waals surface area contributed by atoms with Gasteiger partial charge >= 0.3 is 0 Å². The van der Waals surface area contributed by atoms with Crippen LogP contribution < -0.4 is 15.4 Å². The number of fused-ring (bicyclic) bond motifs is 1. The van der Waals surface area contributed by atoms with Gasteiger partial charge in [-0.2, -0.15) is 4.98 Å². The fourth-order valence-electron chi connectivity index (χ4n) is 4.88. The molecule has 204 valence electrons. The Labute approximate surface area is 229 Å². The second-order valence-corrected chi connectivity index (χ2v) is 12.3. The zero-order chi connectivity index (χ0) is 27.6. The Bertz CT molecular complexity index is 1570. The topological polar surface area (TPSA) is 117 Å². The molecule has 1 aliphatic rings. The number of rotatable bonds is 8. The van der Waals surface area contributed by atoms with Crippen molar-refractivity contribution in [2.75, 3.05) is 5.32 Å². The van der Waals surface area contributed by atoms with Gasteiger partial charge in [-0.05, 0) is 94.0 Å². The van der Waals surface area contributed by atoms with Crippen LogP contribution in [0, 0.1) is 5.92 Å². The van der Waals surface area contributed by atoms with Crippen LogP contribution in [0.4, 0.5) is 11.6 Å². The number of benzene rings is 2. The van der Waals surface area contributed by atoms with E-state index in [1.807, 2.05) is 36.4 Å². The number of hydrogen-bond acceptors (Lipinski definition) is 6. The molecule has 0 spiro atoms. The van der Waals surface area contributed by atoms with Crippen molar-refractivity contribution < 1.29 is 13.2 Å². The molecule has 0 radical (unpaired) electrons. The van der Waals surface area contributed by atoms with Crippen LogP contribution in [0.3, 0.4) is 0 Å². The number of anilines is 2. The van der Waals surface area contributed by atoms with E-state index in [4.69, 9.17) is 0 Å². The number of carbonyl (C=O) groups excluding carboxylic acids is 1. The highest BCUT2D eigenvalue weighted by molar-refractivity contribution is 7.89. The van der Waals surface area contributed by atoms with Crippen molar-refractivity contribution in [1.29, 1.82) is 0 Å². The smallest absolute Gasteiger partial charge is 0.251 e. The largest absolute Gasteiger partial charge is 0.349 e. The molecule has 5 rings (SSSR count). The van der Waals surface area contributed by atoms with Crippen LogP contribution in [0.2, 0.25) is 0 Å². The van der Waals surface area contributed by atoms with Gasteiger partial charge in [0.2, 0.25) is 16.0 Å². The molecule has 1 amide bonds. The van der Waals surface area contributed by atoms with Crippen molar-refractivity contribution in [3.05, 3.63) is 72.3 Å². The van der Waals surface area contributed by atoms with Crippen molar-refractivity contribution in [2.24, 2.45) is 5.92 Å². The fraction of sp³-hybridized carbons (Fsp3) is 0.345. The summed E-state index contributed by atoms with van der Waals surface area (Å²) in [4.78, 5) is 17.5. The lowest BCUT2D eigenvalue weighted by Crippen LogP contribution is -2.37. The number of nitrogens with one attached hydrogen (secondary N) is 3. The molecule has 9 nitrogen and oxygen atoms in total. The summed E-state index contributed by atoms with van der Waals surface area (Å²) >= 11 is 0. The molecular weight excluding hydrogens is 512 g/mol. The van der Waals surface area contributed by atoms with Gasteiger partial charge in [-0.25, -0.2) is 17.7 Å². The highest BCUT2D eigenvalue weighted by Gasteiger charge is 2.20. The van der Waals surface area contributed by atoms with Crippen LogP contribution in [0.15, 0.2) is 71.6 Å². The minimum absolute atomic E-state index is 0.0514. The molecule has 0 unspecified atom stereocenters. The third-order valence-corrected chi connectivity index (χ3v) is 8.60. The summed E-state index contributed by atoms with van der Waals surface area (Å²) in [5, 5.41) is 11.0. The van der Waals surface area contributed by atoms with Crippen LogP contribution >= 0.6 is 0 Å². The van der Waals surface area contributed by atoms with E-state index in [1.54, 1.807) is 48.7 Å². The Balaban J connectivity index is 1.32. The van der Waals surface area contributed by atoms with Gasteiger partial charge in [0.25, 0.3) is 5.91 Å². The van der Waals surface area contributed by atoms with Gasteiger partial charge in [0, 0.05) is 28.9 Å². The molecule has 2 aromatic heterocycles. The van der Waals surface area contributed by atoms with Crippen LogP contribution in [-0.4, -0.2) is 41.0 Å². The first-order valence-electron chi connectivity index (χ1n) is 13.3. The third kappa shape index (κ3) is 6.29. The van der Waals surface area contributed by atoms with Gasteiger partial charge in [0.05, 0.1) is 10.6 Å². The number of amides is 1. The first kappa shape index (κ1) is 26.8. The highest BCUT2D eigenvalue weighted by atomic mass is 32.2. The van der Waals surface area contributed by atoms with Crippen LogP contribution in [-0.2, 0) is 10.0 Å². The van der Waals surface area contributed by atoms with E-state index in [2.05, 4.69) is 32.4 Å². The van der Waals surface area contributed by atoms with Gasteiger partial charge in [0.1, 0.15) is 0 Å². The Kier molecular flexibility index (Phi) is 7.67. The summed E-state index contributed by atoms with van der Waals surface area (Å²) in [5.74, 6) is 1.08. The molecule has 0 saturated heterocycles. The van der Waals surface area contributed by atoms with E-state index in [1.165, 1.54) is 0 Å². The molecule has 0 bridgehead atoms. The highest BCUT2D eigenvalue weighted by Crippen LogP contribution is 2.26. The molecule has 1 saturated carbocycles. The molecule has 1 fully saturated rings. The standard InChI is InChI=1S/C29H34N6O3S/c1-19(2)34-39(37,38)25-7-4-6-22(18-25)26-8-5-9-27-32-29(33-35(26)27)31-24-16-12-21(13-17-24)28(36)30-23-14-10-20(3)11-15-23/h4-9,12-13,16-20,23,34H,10-11,14-15H2,1-3H3,(H,30,36)(H,31,33). The summed E-state index contributed by atoms with van der Waals surface area (Å²) in [5.41, 5.74) is 3.39. The molecule has 1 aliphatic carbocycles. The van der Waals surface area contributed by atoms with Crippen molar-refractivity contribution >= 4 is 33.2 Å². The van der Waals surface area contributed by atoms with E-state index in [-0.39, 0.29) is 22.9 Å². The minimum atomic E-state index is -3.64. The predicted molar refractivity (Wildman–Crippen MR) is 152 cm³/mol. The molecular formula is C29H34N6O3S. The monoisotopic (exact) mass is 546 g/mol. The lowest BCUT2D eigenvalue weighted by atomic mass is 9.87. The van der Waals surface area contributed by atoms with Gasteiger partial charge in [-0.15, -0.1) is 5.10 Å². The molecule has 39 heavy (non-hydrogen) atoms. The quantitative estimate of drug-likeness (QED) is 0.282. The average molecular weight is 547 g/mol. The first-order chi connectivity index (χ1) is 18.7. The van der Waals surface area contributed by atoms with Crippen LogP contribution in [0.25, 0.3) is 16.9 Å². The summed E-state index contributed by atoms with van der Waals surface area (Å²) in [6.07, 6.45) is 4.37. The maximum absolute atomic E-state index is 12.7. The molecule has 0 atom stereocenters. The van der Waals surface area contributed by atoms with E-state index in [0.29, 0.717) is 28.4 Å². The third-order valence-electron chi connectivity index (χ3n) is 6.95. The number of hydrogen-bond donors (Lipinski definition) is 3. The Morgan fingerprint density at radius 1 is 0.974 bits per heavy atom. The van der Waals surface area contributed by atoms with E-state index < -0.39 is 10.0 Å². The van der Waals surface area contributed by atoms with Crippen molar-refractivity contribution in [2.45, 2.75) is 63.4 Å². The van der Waals surface area contributed by atoms with Gasteiger partial charge in [0.15, 0.2) is 5.65 Å². The molecule has 2 heterocycles. The molecule has 3 N–H and O–H groups in total. The second kappa shape index (κ2) is 11.2. The summed E-state index contributed by atoms with van der Waals surface area (Å²) in [7, 11) is -3.64. The number of carbonyl (C=O) groups is 1. The van der Waals surface area contributed by atoms with Gasteiger partial charge < -0.3 is 10.6 Å². The number of aromatic nitrogens is 3. The summed E-state index contributed by atoms with van der Waals surface area (Å²) in [6.45, 7) is 5.83. The van der Waals surface area contributed by atoms with Crippen molar-refractivity contribution in [1.82, 2.24) is 24.6 Å². The Morgan fingerprint density at radius 2 is 1.69 bits per heavy atom. The van der Waals surface area contributed by atoms with Crippen molar-refractivity contribution in [3.63, 3.8) is 0 Å². The maximum atomic E-state index is 12.7. The normalized spacial score (nSPS) is 17.8. The predicted octanol–water partition coefficient (Wildman–Crippen LogP) is 5.14. The number of pyridine rings is 1. The van der Waals surface area contributed by atoms with Gasteiger partial charge in [-0.3, -0.25) is 4.79 Å². The lowest BCUT2D eigenvalue weighted by Gasteiger charge is -2.26. The summed E-state index contributed by atoms with van der Waals surface area (Å²) < 4.78 is 29.7. The van der Waals surface area contributed by atoms with Crippen LogP contribution in [0.5, 0.6) is 0 Å². The summed E-state index contributed by atoms with van der Waals surface area (Å²) in [6, 6.07) is 19.6. The molecule has 4 aromatic rings. The number of nitrogens with zero attached hydrogens (tertiary/aromatic N) is 3. The zero-order valence-corrected chi connectivity index (χ0v) is 23.2. The average Bonchev–Trinajstić information content (AvgIpc) is 3.32. The molecule has 2 aromatic carbocycles. The Hall–Kier alpha value is -3.76. The SMILES string of the molecule is CC1CCC(NC(=O)c2ccc(Nc3nc4cccc(-c5cccc(S(=O)(=O)NC(C)C)c5)n4n3)cc2)CC1. The van der Waals surface area contributed by atoms with E-state index in [9.17, 15) is 13.2 Å². The van der Waals surface area contributed by atoms with E-state index in [0.717, 1.165) is 37.3 Å². The maximum Gasteiger partial charge on any atom is 0.251 e. The minimum Gasteiger partial charge on any atom is -0.349 e. The number of sulfonamides is 1. The fourth-order valence-corrected chi connectivity index (χ4v) is 6.18. The van der Waals surface area contributed by atoms with Crippen molar-refractivity contribution in [3.8, 4) is 11.3 Å². The molecule has 10 heteroatoms.